The minimum absolute atomic E-state index is 0.0589. The van der Waals surface area contributed by atoms with Crippen LogP contribution >= 0.6 is 0 Å². The van der Waals surface area contributed by atoms with Crippen molar-refractivity contribution in [2.24, 2.45) is 0 Å². The molecule has 5 nitrogen and oxygen atoms in total. The van der Waals surface area contributed by atoms with Gasteiger partial charge in [0.05, 0.1) is 19.7 Å². The lowest BCUT2D eigenvalue weighted by Crippen LogP contribution is -2.44. The number of likely N-dealkylation sites (N-methyl/N-ethyl adjacent to an activating group) is 1. The standard InChI is InChI=1S/C16H28N2O3/c1-5-18(14-9-7-8-10-14)15(19)11-17(13(3)4)12-16(20)21-6-2/h9,13H,5-8,10-12H2,1-4H3. The van der Waals surface area contributed by atoms with E-state index in [1.165, 1.54) is 0 Å². The number of allylic oxidation sites excluding steroid dienone is 2. The van der Waals surface area contributed by atoms with Crippen molar-refractivity contribution in [2.75, 3.05) is 26.2 Å². The molecule has 0 spiro atoms. The molecule has 0 aliphatic heterocycles. The zero-order chi connectivity index (χ0) is 15.8. The van der Waals surface area contributed by atoms with Gasteiger partial charge in [0.25, 0.3) is 0 Å². The van der Waals surface area contributed by atoms with Gasteiger partial charge in [0.15, 0.2) is 0 Å². The molecular weight excluding hydrogens is 268 g/mol. The number of rotatable bonds is 8. The molecule has 5 heteroatoms. The zero-order valence-electron chi connectivity index (χ0n) is 13.7. The lowest BCUT2D eigenvalue weighted by molar-refractivity contribution is -0.145. The highest BCUT2D eigenvalue weighted by Gasteiger charge is 2.23. The maximum atomic E-state index is 12.5. The second-order valence-electron chi connectivity index (χ2n) is 5.53. The summed E-state index contributed by atoms with van der Waals surface area (Å²) >= 11 is 0. The summed E-state index contributed by atoms with van der Waals surface area (Å²) in [6, 6.07) is 0.120. The fourth-order valence-electron chi connectivity index (χ4n) is 2.49. The van der Waals surface area contributed by atoms with Crippen molar-refractivity contribution in [3.8, 4) is 0 Å². The van der Waals surface area contributed by atoms with Crippen LogP contribution in [0.3, 0.4) is 0 Å². The van der Waals surface area contributed by atoms with Gasteiger partial charge < -0.3 is 9.64 Å². The van der Waals surface area contributed by atoms with Crippen molar-refractivity contribution < 1.29 is 14.3 Å². The first-order valence-electron chi connectivity index (χ1n) is 7.88. The summed E-state index contributed by atoms with van der Waals surface area (Å²) in [5, 5.41) is 0. The summed E-state index contributed by atoms with van der Waals surface area (Å²) in [6.07, 6.45) is 5.29. The van der Waals surface area contributed by atoms with E-state index in [1.807, 2.05) is 30.6 Å². The van der Waals surface area contributed by atoms with E-state index in [9.17, 15) is 9.59 Å². The smallest absolute Gasteiger partial charge is 0.320 e. The Morgan fingerprint density at radius 3 is 2.48 bits per heavy atom. The minimum Gasteiger partial charge on any atom is -0.465 e. The normalized spacial score (nSPS) is 14.5. The predicted molar refractivity (Wildman–Crippen MR) is 82.7 cm³/mol. The first kappa shape index (κ1) is 17.7. The van der Waals surface area contributed by atoms with E-state index < -0.39 is 0 Å². The van der Waals surface area contributed by atoms with Crippen LogP contribution < -0.4 is 0 Å². The number of esters is 1. The van der Waals surface area contributed by atoms with Gasteiger partial charge in [-0.15, -0.1) is 0 Å². The SMILES string of the molecule is CCOC(=O)CN(CC(=O)N(CC)C1=CCCC1)C(C)C. The number of hydrogen-bond acceptors (Lipinski definition) is 4. The largest absolute Gasteiger partial charge is 0.465 e. The second-order valence-corrected chi connectivity index (χ2v) is 5.53. The van der Waals surface area contributed by atoms with E-state index >= 15 is 0 Å². The van der Waals surface area contributed by atoms with Crippen LogP contribution in [0.25, 0.3) is 0 Å². The van der Waals surface area contributed by atoms with E-state index in [0.717, 1.165) is 25.0 Å². The quantitative estimate of drug-likeness (QED) is 0.644. The number of amides is 1. The van der Waals surface area contributed by atoms with E-state index in [-0.39, 0.29) is 31.0 Å². The number of carbonyl (C=O) groups excluding carboxylic acids is 2. The molecule has 0 atom stereocenters. The van der Waals surface area contributed by atoms with Gasteiger partial charge in [0, 0.05) is 18.3 Å². The van der Waals surface area contributed by atoms with Gasteiger partial charge in [-0.2, -0.15) is 0 Å². The summed E-state index contributed by atoms with van der Waals surface area (Å²) in [5.74, 6) is -0.217. The number of carbonyl (C=O) groups is 2. The van der Waals surface area contributed by atoms with Gasteiger partial charge in [0.2, 0.25) is 5.91 Å². The minimum atomic E-state index is -0.276. The topological polar surface area (TPSA) is 49.9 Å². The molecule has 0 aromatic carbocycles. The highest BCUT2D eigenvalue weighted by atomic mass is 16.5. The van der Waals surface area contributed by atoms with Gasteiger partial charge in [-0.05, 0) is 47.0 Å². The molecule has 0 fully saturated rings. The Labute approximate surface area is 127 Å². The molecule has 1 amide bonds. The van der Waals surface area contributed by atoms with Crippen molar-refractivity contribution in [1.82, 2.24) is 9.80 Å². The molecule has 1 aliphatic carbocycles. The van der Waals surface area contributed by atoms with Crippen molar-refractivity contribution >= 4 is 11.9 Å². The van der Waals surface area contributed by atoms with Crippen LogP contribution in [0.5, 0.6) is 0 Å². The molecule has 0 unspecified atom stereocenters. The lowest BCUT2D eigenvalue weighted by Gasteiger charge is -2.29. The molecule has 0 aromatic heterocycles. The van der Waals surface area contributed by atoms with Crippen molar-refractivity contribution in [3.05, 3.63) is 11.8 Å². The Kier molecular flexibility index (Phi) is 7.43. The predicted octanol–water partition coefficient (Wildman–Crippen LogP) is 2.18. The van der Waals surface area contributed by atoms with Crippen LogP contribution in [0.2, 0.25) is 0 Å². The van der Waals surface area contributed by atoms with Crippen LogP contribution in [0.1, 0.15) is 47.0 Å². The Morgan fingerprint density at radius 1 is 1.29 bits per heavy atom. The van der Waals surface area contributed by atoms with Crippen LogP contribution in [0.4, 0.5) is 0 Å². The zero-order valence-corrected chi connectivity index (χ0v) is 13.7. The summed E-state index contributed by atoms with van der Waals surface area (Å²) < 4.78 is 4.97. The van der Waals surface area contributed by atoms with E-state index in [1.54, 1.807) is 6.92 Å². The molecule has 120 valence electrons. The first-order valence-corrected chi connectivity index (χ1v) is 7.88. The summed E-state index contributed by atoms with van der Waals surface area (Å²) in [7, 11) is 0. The van der Waals surface area contributed by atoms with Crippen molar-refractivity contribution in [2.45, 2.75) is 53.0 Å². The average Bonchev–Trinajstić information content (AvgIpc) is 2.92. The molecule has 0 N–H and O–H groups in total. The van der Waals surface area contributed by atoms with Gasteiger partial charge >= 0.3 is 5.97 Å². The third-order valence-electron chi connectivity index (χ3n) is 3.69. The molecular formula is C16H28N2O3. The molecule has 0 bridgehead atoms. The molecule has 21 heavy (non-hydrogen) atoms. The van der Waals surface area contributed by atoms with E-state index in [0.29, 0.717) is 13.2 Å². The highest BCUT2D eigenvalue weighted by molar-refractivity contribution is 5.81. The van der Waals surface area contributed by atoms with Crippen LogP contribution in [-0.4, -0.2) is 54.0 Å². The second kappa shape index (κ2) is 8.82. The van der Waals surface area contributed by atoms with Gasteiger partial charge in [-0.1, -0.05) is 6.08 Å². The fraction of sp³-hybridized carbons (Fsp3) is 0.750. The number of ether oxygens (including phenoxy) is 1. The third-order valence-corrected chi connectivity index (χ3v) is 3.69. The Bertz CT molecular complexity index is 391. The molecule has 1 rings (SSSR count). The van der Waals surface area contributed by atoms with Crippen molar-refractivity contribution in [3.63, 3.8) is 0 Å². The highest BCUT2D eigenvalue weighted by Crippen LogP contribution is 2.21. The Morgan fingerprint density at radius 2 is 2.00 bits per heavy atom. The van der Waals surface area contributed by atoms with E-state index in [2.05, 4.69) is 6.08 Å². The summed E-state index contributed by atoms with van der Waals surface area (Å²) in [6.45, 7) is 9.20. The molecule has 1 aliphatic rings. The van der Waals surface area contributed by atoms with Crippen LogP contribution in [-0.2, 0) is 14.3 Å². The Balaban J connectivity index is 2.64. The maximum Gasteiger partial charge on any atom is 0.320 e. The number of nitrogens with zero attached hydrogens (tertiary/aromatic N) is 2. The van der Waals surface area contributed by atoms with Gasteiger partial charge in [-0.3, -0.25) is 14.5 Å². The summed E-state index contributed by atoms with van der Waals surface area (Å²) in [5.41, 5.74) is 1.13. The monoisotopic (exact) mass is 296 g/mol. The van der Waals surface area contributed by atoms with Gasteiger partial charge in [0.1, 0.15) is 0 Å². The Hall–Kier alpha value is -1.36. The van der Waals surface area contributed by atoms with E-state index in [4.69, 9.17) is 4.74 Å². The fourth-order valence-corrected chi connectivity index (χ4v) is 2.49. The number of hydrogen-bond donors (Lipinski definition) is 0. The van der Waals surface area contributed by atoms with Crippen molar-refractivity contribution in [1.29, 1.82) is 0 Å². The third kappa shape index (κ3) is 5.50. The molecule has 0 saturated carbocycles. The van der Waals surface area contributed by atoms with Crippen LogP contribution in [0, 0.1) is 0 Å². The van der Waals surface area contributed by atoms with Crippen LogP contribution in [0.15, 0.2) is 11.8 Å². The molecule has 0 aromatic rings. The first-order chi connectivity index (χ1) is 9.99. The average molecular weight is 296 g/mol. The lowest BCUT2D eigenvalue weighted by atomic mass is 10.2. The van der Waals surface area contributed by atoms with Gasteiger partial charge in [-0.25, -0.2) is 0 Å². The molecule has 0 heterocycles. The molecule has 0 radical (unpaired) electrons. The summed E-state index contributed by atoms with van der Waals surface area (Å²) in [4.78, 5) is 27.8. The molecule has 0 saturated heterocycles. The maximum absolute atomic E-state index is 12.5.